The zero-order valence-corrected chi connectivity index (χ0v) is 13.8. The van der Waals surface area contributed by atoms with Crippen LogP contribution in [0.5, 0.6) is 11.5 Å². The summed E-state index contributed by atoms with van der Waals surface area (Å²) in [5.41, 5.74) is 1.13. The maximum absolute atomic E-state index is 12.3. The lowest BCUT2D eigenvalue weighted by Crippen LogP contribution is -2.21. The van der Waals surface area contributed by atoms with Gasteiger partial charge in [0.2, 0.25) is 0 Å². The Morgan fingerprint density at radius 1 is 0.920 bits per heavy atom. The molecule has 1 aliphatic heterocycles. The summed E-state index contributed by atoms with van der Waals surface area (Å²) in [6, 6.07) is 12.8. The van der Waals surface area contributed by atoms with Crippen LogP contribution in [-0.4, -0.2) is 31.0 Å². The highest BCUT2D eigenvalue weighted by molar-refractivity contribution is 6.46. The van der Waals surface area contributed by atoms with E-state index in [9.17, 15) is 14.7 Å². The Kier molecular flexibility index (Phi) is 4.43. The second-order valence-corrected chi connectivity index (χ2v) is 5.50. The van der Waals surface area contributed by atoms with E-state index in [0.717, 1.165) is 0 Å². The molecule has 25 heavy (non-hydrogen) atoms. The lowest BCUT2D eigenvalue weighted by atomic mass is 9.96. The number of aliphatic hydroxyl groups is 1. The maximum atomic E-state index is 12.3. The van der Waals surface area contributed by atoms with Gasteiger partial charge < -0.3 is 19.9 Å². The van der Waals surface area contributed by atoms with Gasteiger partial charge in [0.1, 0.15) is 17.3 Å². The molecule has 2 aromatic carbocycles. The number of hydrogen-bond acceptors (Lipinski definition) is 5. The number of carbonyl (C=O) groups excluding carboxylic acids is 2. The predicted octanol–water partition coefficient (Wildman–Crippen LogP) is 2.41. The predicted molar refractivity (Wildman–Crippen MR) is 91.4 cm³/mol. The summed E-state index contributed by atoms with van der Waals surface area (Å²) in [5, 5.41) is 13.2. The van der Waals surface area contributed by atoms with Crippen molar-refractivity contribution in [3.63, 3.8) is 0 Å². The van der Waals surface area contributed by atoms with Crippen LogP contribution in [0.15, 0.2) is 54.1 Å². The van der Waals surface area contributed by atoms with Crippen LogP contribution < -0.4 is 14.8 Å². The molecule has 1 heterocycles. The third kappa shape index (κ3) is 3.06. The van der Waals surface area contributed by atoms with Crippen LogP contribution in [0.1, 0.15) is 17.2 Å². The maximum Gasteiger partial charge on any atom is 0.293 e. The molecule has 0 spiro atoms. The molecule has 1 atom stereocenters. The van der Waals surface area contributed by atoms with Gasteiger partial charge in [0.15, 0.2) is 0 Å². The molecular weight excluding hydrogens is 322 g/mol. The standard InChI is InChI=1S/C19H17NO5/c1-24-13-7-3-11(4-8-13)16-15(18(22)19(23)20-16)17(21)12-5-9-14(25-2)10-6-12/h3-10,16,21H,1-2H3,(H,20,23). The van der Waals surface area contributed by atoms with Gasteiger partial charge in [0.25, 0.3) is 11.7 Å². The molecule has 0 radical (unpaired) electrons. The number of Topliss-reactive ketones (excluding diaryl/α,β-unsaturated/α-hetero) is 1. The van der Waals surface area contributed by atoms with Gasteiger partial charge in [-0.25, -0.2) is 0 Å². The smallest absolute Gasteiger partial charge is 0.293 e. The topological polar surface area (TPSA) is 84.9 Å². The van der Waals surface area contributed by atoms with E-state index in [0.29, 0.717) is 22.6 Å². The second kappa shape index (κ2) is 6.68. The fraction of sp³-hybridized carbons (Fsp3) is 0.158. The molecule has 2 aromatic rings. The van der Waals surface area contributed by atoms with Crippen molar-refractivity contribution in [2.24, 2.45) is 0 Å². The summed E-state index contributed by atoms with van der Waals surface area (Å²) >= 11 is 0. The van der Waals surface area contributed by atoms with Gasteiger partial charge in [-0.2, -0.15) is 0 Å². The van der Waals surface area contributed by atoms with E-state index in [1.54, 1.807) is 55.6 Å². The third-order valence-corrected chi connectivity index (χ3v) is 4.08. The van der Waals surface area contributed by atoms with Crippen LogP contribution in [0.3, 0.4) is 0 Å². The Hall–Kier alpha value is -3.28. The van der Waals surface area contributed by atoms with Crippen LogP contribution in [-0.2, 0) is 9.59 Å². The molecule has 1 amide bonds. The molecule has 0 saturated carbocycles. The van der Waals surface area contributed by atoms with Gasteiger partial charge in [-0.15, -0.1) is 0 Å². The van der Waals surface area contributed by atoms with Crippen molar-refractivity contribution in [3.8, 4) is 11.5 Å². The van der Waals surface area contributed by atoms with Crippen molar-refractivity contribution in [1.82, 2.24) is 5.32 Å². The molecule has 6 heteroatoms. The van der Waals surface area contributed by atoms with E-state index in [1.165, 1.54) is 7.11 Å². The first-order valence-corrected chi connectivity index (χ1v) is 7.62. The van der Waals surface area contributed by atoms with E-state index in [2.05, 4.69) is 5.32 Å². The van der Waals surface area contributed by atoms with E-state index < -0.39 is 17.7 Å². The number of ketones is 1. The SMILES string of the molecule is COc1ccc(C(O)=C2C(=O)C(=O)NC2c2ccc(OC)cc2)cc1. The number of aliphatic hydroxyl groups excluding tert-OH is 1. The highest BCUT2D eigenvalue weighted by Crippen LogP contribution is 2.33. The molecule has 1 saturated heterocycles. The Morgan fingerprint density at radius 2 is 1.44 bits per heavy atom. The lowest BCUT2D eigenvalue weighted by molar-refractivity contribution is -0.133. The molecule has 0 aliphatic carbocycles. The summed E-state index contributed by atoms with van der Waals surface area (Å²) in [5.74, 6) is -0.429. The molecule has 6 nitrogen and oxygen atoms in total. The van der Waals surface area contributed by atoms with E-state index in [1.807, 2.05) is 0 Å². The number of methoxy groups -OCH3 is 2. The summed E-state index contributed by atoms with van der Waals surface area (Å²) in [7, 11) is 3.09. The van der Waals surface area contributed by atoms with E-state index in [4.69, 9.17) is 9.47 Å². The summed E-state index contributed by atoms with van der Waals surface area (Å²) in [6.07, 6.45) is 0. The Labute approximate surface area is 144 Å². The minimum atomic E-state index is -0.742. The fourth-order valence-electron chi connectivity index (χ4n) is 2.72. The third-order valence-electron chi connectivity index (χ3n) is 4.08. The van der Waals surface area contributed by atoms with Crippen molar-refractivity contribution >= 4 is 17.4 Å². The Morgan fingerprint density at radius 3 is 1.96 bits per heavy atom. The van der Waals surface area contributed by atoms with Crippen LogP contribution in [0.2, 0.25) is 0 Å². The van der Waals surface area contributed by atoms with Crippen molar-refractivity contribution in [3.05, 3.63) is 65.2 Å². The van der Waals surface area contributed by atoms with E-state index >= 15 is 0 Å². The van der Waals surface area contributed by atoms with Crippen LogP contribution in [0, 0.1) is 0 Å². The highest BCUT2D eigenvalue weighted by Gasteiger charge is 2.39. The van der Waals surface area contributed by atoms with Gasteiger partial charge in [0, 0.05) is 5.56 Å². The largest absolute Gasteiger partial charge is 0.507 e. The number of amides is 1. The van der Waals surface area contributed by atoms with Gasteiger partial charge in [-0.1, -0.05) is 12.1 Å². The first kappa shape index (κ1) is 16.6. The quantitative estimate of drug-likeness (QED) is 0.508. The summed E-state index contributed by atoms with van der Waals surface area (Å²) in [4.78, 5) is 24.1. The summed E-state index contributed by atoms with van der Waals surface area (Å²) < 4.78 is 10.2. The minimum Gasteiger partial charge on any atom is -0.507 e. The molecular formula is C19H17NO5. The van der Waals surface area contributed by atoms with Crippen molar-refractivity contribution in [2.45, 2.75) is 6.04 Å². The fourth-order valence-corrected chi connectivity index (χ4v) is 2.72. The van der Waals surface area contributed by atoms with Crippen LogP contribution in [0.25, 0.3) is 5.76 Å². The number of nitrogens with one attached hydrogen (secondary N) is 1. The number of ether oxygens (including phenoxy) is 2. The number of benzene rings is 2. The van der Waals surface area contributed by atoms with Gasteiger partial charge in [0.05, 0.1) is 25.8 Å². The lowest BCUT2D eigenvalue weighted by Gasteiger charge is -2.14. The van der Waals surface area contributed by atoms with Crippen LogP contribution >= 0.6 is 0 Å². The van der Waals surface area contributed by atoms with Gasteiger partial charge >= 0.3 is 0 Å². The van der Waals surface area contributed by atoms with Gasteiger partial charge in [-0.05, 0) is 42.0 Å². The zero-order valence-electron chi connectivity index (χ0n) is 13.8. The van der Waals surface area contributed by atoms with Gasteiger partial charge in [-0.3, -0.25) is 9.59 Å². The first-order valence-electron chi connectivity index (χ1n) is 7.62. The normalized spacial score (nSPS) is 18.7. The average Bonchev–Trinajstić information content (AvgIpc) is 2.96. The molecule has 1 fully saturated rings. The second-order valence-electron chi connectivity index (χ2n) is 5.50. The molecule has 128 valence electrons. The molecule has 0 bridgehead atoms. The molecule has 1 aliphatic rings. The Balaban J connectivity index is 2.04. The zero-order chi connectivity index (χ0) is 18.0. The van der Waals surface area contributed by atoms with Crippen molar-refractivity contribution < 1.29 is 24.2 Å². The molecule has 0 aromatic heterocycles. The minimum absolute atomic E-state index is 0.0281. The first-order chi connectivity index (χ1) is 12.0. The van der Waals surface area contributed by atoms with Crippen LogP contribution in [0.4, 0.5) is 0 Å². The molecule has 1 unspecified atom stereocenters. The molecule has 3 rings (SSSR count). The number of hydrogen-bond donors (Lipinski definition) is 2. The highest BCUT2D eigenvalue weighted by atomic mass is 16.5. The molecule has 2 N–H and O–H groups in total. The van der Waals surface area contributed by atoms with Crippen molar-refractivity contribution in [2.75, 3.05) is 14.2 Å². The monoisotopic (exact) mass is 339 g/mol. The van der Waals surface area contributed by atoms with Crippen molar-refractivity contribution in [1.29, 1.82) is 0 Å². The number of carbonyl (C=O) groups is 2. The number of rotatable bonds is 4. The average molecular weight is 339 g/mol. The Bertz CT molecular complexity index is 837. The summed E-state index contributed by atoms with van der Waals surface area (Å²) in [6.45, 7) is 0. The van der Waals surface area contributed by atoms with E-state index in [-0.39, 0.29) is 11.3 Å².